The van der Waals surface area contributed by atoms with Crippen LogP contribution in [0.4, 0.5) is 14.5 Å². The van der Waals surface area contributed by atoms with E-state index in [0.29, 0.717) is 10.4 Å². The van der Waals surface area contributed by atoms with Gasteiger partial charge in [0, 0.05) is 13.2 Å². The van der Waals surface area contributed by atoms with Crippen molar-refractivity contribution >= 4 is 17.5 Å². The minimum Gasteiger partial charge on any atom is -0.467 e. The SMILES string of the molecule is Cn1ncc(NC(=O)c2ccn(C(F)F)n2)c1C(=O)NCc1ccco1. The van der Waals surface area contributed by atoms with Gasteiger partial charge in [-0.2, -0.15) is 19.0 Å². The van der Waals surface area contributed by atoms with Gasteiger partial charge in [-0.15, -0.1) is 0 Å². The first kappa shape index (κ1) is 17.3. The lowest BCUT2D eigenvalue weighted by molar-refractivity contribution is 0.0561. The summed E-state index contributed by atoms with van der Waals surface area (Å²) in [5.41, 5.74) is 0.00957. The van der Waals surface area contributed by atoms with Gasteiger partial charge >= 0.3 is 6.55 Å². The number of nitrogens with zero attached hydrogens (tertiary/aromatic N) is 4. The molecule has 0 aliphatic rings. The van der Waals surface area contributed by atoms with E-state index in [0.717, 1.165) is 12.3 Å². The Labute approximate surface area is 145 Å². The van der Waals surface area contributed by atoms with Crippen molar-refractivity contribution < 1.29 is 22.8 Å². The maximum Gasteiger partial charge on any atom is 0.333 e. The Bertz CT molecular complexity index is 916. The van der Waals surface area contributed by atoms with E-state index >= 15 is 0 Å². The number of carbonyl (C=O) groups is 2. The van der Waals surface area contributed by atoms with Gasteiger partial charge in [0.15, 0.2) is 5.69 Å². The third-order valence-electron chi connectivity index (χ3n) is 3.45. The summed E-state index contributed by atoms with van der Waals surface area (Å²) < 4.78 is 31.8. The highest BCUT2D eigenvalue weighted by molar-refractivity contribution is 6.07. The Hall–Kier alpha value is -3.50. The number of hydrogen-bond acceptors (Lipinski definition) is 5. The van der Waals surface area contributed by atoms with Crippen LogP contribution in [0, 0.1) is 0 Å². The Balaban J connectivity index is 1.72. The second kappa shape index (κ2) is 7.17. The average molecular weight is 364 g/mol. The Kier molecular flexibility index (Phi) is 4.78. The van der Waals surface area contributed by atoms with E-state index in [9.17, 15) is 18.4 Å². The van der Waals surface area contributed by atoms with E-state index in [4.69, 9.17) is 4.42 Å². The van der Waals surface area contributed by atoms with Crippen molar-refractivity contribution in [2.75, 3.05) is 5.32 Å². The number of anilines is 1. The summed E-state index contributed by atoms with van der Waals surface area (Å²) in [6, 6.07) is 4.54. The highest BCUT2D eigenvalue weighted by Crippen LogP contribution is 2.16. The lowest BCUT2D eigenvalue weighted by Crippen LogP contribution is -2.26. The van der Waals surface area contributed by atoms with Gasteiger partial charge in [-0.05, 0) is 18.2 Å². The van der Waals surface area contributed by atoms with Crippen LogP contribution in [-0.2, 0) is 13.6 Å². The van der Waals surface area contributed by atoms with Crippen LogP contribution in [0.3, 0.4) is 0 Å². The number of alkyl halides is 2. The van der Waals surface area contributed by atoms with Crippen LogP contribution in [0.25, 0.3) is 0 Å². The first-order chi connectivity index (χ1) is 12.5. The van der Waals surface area contributed by atoms with Crippen molar-refractivity contribution in [2.24, 2.45) is 7.05 Å². The van der Waals surface area contributed by atoms with E-state index in [1.54, 1.807) is 12.1 Å². The molecular weight excluding hydrogens is 350 g/mol. The molecule has 0 radical (unpaired) electrons. The summed E-state index contributed by atoms with van der Waals surface area (Å²) >= 11 is 0. The maximum atomic E-state index is 12.5. The molecule has 0 aliphatic heterocycles. The molecule has 3 heterocycles. The van der Waals surface area contributed by atoms with Crippen LogP contribution < -0.4 is 10.6 Å². The summed E-state index contributed by atoms with van der Waals surface area (Å²) in [7, 11) is 1.53. The largest absolute Gasteiger partial charge is 0.467 e. The topological polar surface area (TPSA) is 107 Å². The molecule has 2 amide bonds. The molecule has 0 aromatic carbocycles. The molecule has 0 spiro atoms. The lowest BCUT2D eigenvalue weighted by atomic mass is 10.3. The molecule has 26 heavy (non-hydrogen) atoms. The number of amides is 2. The predicted octanol–water partition coefficient (Wildman–Crippen LogP) is 1.79. The maximum absolute atomic E-state index is 12.5. The molecule has 0 aliphatic carbocycles. The summed E-state index contributed by atoms with van der Waals surface area (Å²) in [6.07, 6.45) is 3.75. The number of carbonyl (C=O) groups excluding carboxylic acids is 2. The molecule has 0 atom stereocenters. The Morgan fingerprint density at radius 1 is 1.31 bits per heavy atom. The van der Waals surface area contributed by atoms with Crippen molar-refractivity contribution in [3.05, 3.63) is 54.0 Å². The number of rotatable bonds is 6. The molecule has 0 saturated carbocycles. The third kappa shape index (κ3) is 3.61. The van der Waals surface area contributed by atoms with E-state index in [1.807, 2.05) is 0 Å². The molecule has 136 valence electrons. The molecule has 0 fully saturated rings. The number of aryl methyl sites for hydroxylation is 1. The van der Waals surface area contributed by atoms with Gasteiger partial charge in [0.2, 0.25) is 0 Å². The van der Waals surface area contributed by atoms with Crippen molar-refractivity contribution in [1.82, 2.24) is 24.9 Å². The fraction of sp³-hybridized carbons (Fsp3) is 0.200. The van der Waals surface area contributed by atoms with Crippen molar-refractivity contribution in [1.29, 1.82) is 0 Å². The van der Waals surface area contributed by atoms with E-state index < -0.39 is 18.4 Å². The van der Waals surface area contributed by atoms with Gasteiger partial charge in [-0.1, -0.05) is 0 Å². The summed E-state index contributed by atoms with van der Waals surface area (Å²) in [6.45, 7) is -2.69. The third-order valence-corrected chi connectivity index (χ3v) is 3.45. The van der Waals surface area contributed by atoms with E-state index in [1.165, 1.54) is 24.2 Å². The minimum atomic E-state index is -2.85. The van der Waals surface area contributed by atoms with Crippen LogP contribution in [0.5, 0.6) is 0 Å². The van der Waals surface area contributed by atoms with Gasteiger partial charge in [0.05, 0.1) is 24.7 Å². The number of aromatic nitrogens is 4. The summed E-state index contributed by atoms with van der Waals surface area (Å²) in [5, 5.41) is 12.5. The standard InChI is InChI=1S/C15H14F2N6O3/c1-22-12(14(25)18-7-9-3-2-6-26-9)11(8-19-22)20-13(24)10-4-5-23(21-10)15(16)17/h2-6,8,15H,7H2,1H3,(H,18,25)(H,20,24). The Morgan fingerprint density at radius 3 is 2.77 bits per heavy atom. The first-order valence-corrected chi connectivity index (χ1v) is 7.43. The minimum absolute atomic E-state index is 0.0956. The zero-order chi connectivity index (χ0) is 18.7. The fourth-order valence-corrected chi connectivity index (χ4v) is 2.22. The summed E-state index contributed by atoms with van der Waals surface area (Å²) in [4.78, 5) is 24.5. The van der Waals surface area contributed by atoms with Crippen molar-refractivity contribution in [3.63, 3.8) is 0 Å². The van der Waals surface area contributed by atoms with E-state index in [-0.39, 0.29) is 23.6 Å². The number of halogens is 2. The molecular formula is C15H14F2N6O3. The number of nitrogens with one attached hydrogen (secondary N) is 2. The highest BCUT2D eigenvalue weighted by Gasteiger charge is 2.21. The molecule has 2 N–H and O–H groups in total. The molecule has 11 heteroatoms. The normalized spacial score (nSPS) is 10.9. The zero-order valence-electron chi connectivity index (χ0n) is 13.5. The molecule has 0 unspecified atom stereocenters. The first-order valence-electron chi connectivity index (χ1n) is 7.43. The molecule has 9 nitrogen and oxygen atoms in total. The van der Waals surface area contributed by atoms with Crippen molar-refractivity contribution in [3.8, 4) is 0 Å². The van der Waals surface area contributed by atoms with Gasteiger partial charge < -0.3 is 15.1 Å². The smallest absolute Gasteiger partial charge is 0.333 e. The van der Waals surface area contributed by atoms with Crippen LogP contribution in [0.15, 0.2) is 41.3 Å². The van der Waals surface area contributed by atoms with Crippen LogP contribution in [0.1, 0.15) is 33.3 Å². The molecule has 3 aromatic heterocycles. The average Bonchev–Trinajstić information content (AvgIpc) is 3.34. The zero-order valence-corrected chi connectivity index (χ0v) is 13.5. The van der Waals surface area contributed by atoms with Gasteiger partial charge in [0.1, 0.15) is 11.5 Å². The molecule has 3 rings (SSSR count). The fourth-order valence-electron chi connectivity index (χ4n) is 2.22. The van der Waals surface area contributed by atoms with Gasteiger partial charge in [-0.3, -0.25) is 14.3 Å². The van der Waals surface area contributed by atoms with Gasteiger partial charge in [0.25, 0.3) is 11.8 Å². The second-order valence-electron chi connectivity index (χ2n) is 5.21. The Morgan fingerprint density at radius 2 is 2.12 bits per heavy atom. The lowest BCUT2D eigenvalue weighted by Gasteiger charge is -2.07. The predicted molar refractivity (Wildman–Crippen MR) is 84.5 cm³/mol. The monoisotopic (exact) mass is 364 g/mol. The number of furan rings is 1. The molecule has 3 aromatic rings. The highest BCUT2D eigenvalue weighted by atomic mass is 19.3. The molecule has 0 bridgehead atoms. The van der Waals surface area contributed by atoms with Crippen LogP contribution in [0.2, 0.25) is 0 Å². The second-order valence-corrected chi connectivity index (χ2v) is 5.21. The quantitative estimate of drug-likeness (QED) is 0.693. The van der Waals surface area contributed by atoms with Crippen LogP contribution in [-0.4, -0.2) is 31.4 Å². The van der Waals surface area contributed by atoms with Gasteiger partial charge in [-0.25, -0.2) is 4.68 Å². The number of hydrogen-bond donors (Lipinski definition) is 2. The summed E-state index contributed by atoms with van der Waals surface area (Å²) in [5.74, 6) is -0.670. The van der Waals surface area contributed by atoms with Crippen molar-refractivity contribution in [2.45, 2.75) is 13.1 Å². The molecule has 0 saturated heterocycles. The van der Waals surface area contributed by atoms with E-state index in [2.05, 4.69) is 20.8 Å². The van der Waals surface area contributed by atoms with Crippen LogP contribution >= 0.6 is 0 Å².